The average molecular weight is 409 g/mol. The summed E-state index contributed by atoms with van der Waals surface area (Å²) in [7, 11) is 0. The quantitative estimate of drug-likeness (QED) is 0.339. The van der Waals surface area contributed by atoms with Crippen LogP contribution in [0.2, 0.25) is 0 Å². The first-order valence-corrected chi connectivity index (χ1v) is 9.98. The van der Waals surface area contributed by atoms with Gasteiger partial charge in [0.05, 0.1) is 5.69 Å². The van der Waals surface area contributed by atoms with Crippen LogP contribution in [0.4, 0.5) is 0 Å². The van der Waals surface area contributed by atoms with E-state index in [2.05, 4.69) is 29.2 Å². The third kappa shape index (κ3) is 4.80. The Morgan fingerprint density at radius 3 is 2.20 bits per heavy atom. The van der Waals surface area contributed by atoms with Gasteiger partial charge in [-0.2, -0.15) is 0 Å². The Kier molecular flexibility index (Phi) is 6.74. The van der Waals surface area contributed by atoms with Gasteiger partial charge in [-0.25, -0.2) is 10.3 Å². The first kappa shape index (κ1) is 21.4. The van der Waals surface area contributed by atoms with Gasteiger partial charge in [0.1, 0.15) is 6.04 Å². The molecule has 30 heavy (non-hydrogen) atoms. The predicted octanol–water partition coefficient (Wildman–Crippen LogP) is 2.96. The molecule has 0 fully saturated rings. The summed E-state index contributed by atoms with van der Waals surface area (Å²) in [6, 6.07) is 17.5. The zero-order valence-electron chi connectivity index (χ0n) is 17.1. The van der Waals surface area contributed by atoms with Gasteiger partial charge in [-0.1, -0.05) is 68.4 Å². The molecule has 7 heteroatoms. The van der Waals surface area contributed by atoms with Crippen molar-refractivity contribution in [2.24, 2.45) is 5.92 Å². The molecule has 0 aliphatic heterocycles. The molecule has 3 aromatic rings. The zero-order valence-corrected chi connectivity index (χ0v) is 17.1. The fourth-order valence-corrected chi connectivity index (χ4v) is 3.63. The normalized spacial score (nSPS) is 12.1. The second-order valence-corrected chi connectivity index (χ2v) is 7.75. The number of benzene rings is 2. The van der Waals surface area contributed by atoms with Crippen LogP contribution < -0.4 is 11.2 Å². The fourth-order valence-electron chi connectivity index (χ4n) is 3.63. The number of carbonyl (C=O) groups excluding carboxylic acids is 1. The van der Waals surface area contributed by atoms with Gasteiger partial charge in [-0.05, 0) is 41.9 Å². The summed E-state index contributed by atoms with van der Waals surface area (Å²) in [4.78, 5) is 26.9. The van der Waals surface area contributed by atoms with Crippen LogP contribution in [0.5, 0.6) is 5.88 Å². The number of aromatic nitrogens is 2. The highest BCUT2D eigenvalue weighted by molar-refractivity contribution is 5.79. The Labute approximate surface area is 175 Å². The molecule has 1 heterocycles. The van der Waals surface area contributed by atoms with Gasteiger partial charge in [-0.3, -0.25) is 14.6 Å². The number of hydrogen-bond donors (Lipinski definition) is 4. The van der Waals surface area contributed by atoms with Gasteiger partial charge >= 0.3 is 5.69 Å². The number of carbonyl (C=O) groups is 1. The summed E-state index contributed by atoms with van der Waals surface area (Å²) in [5, 5.41) is 19.5. The first-order chi connectivity index (χ1) is 14.4. The van der Waals surface area contributed by atoms with Crippen molar-refractivity contribution in [3.8, 4) is 5.88 Å². The van der Waals surface area contributed by atoms with Crippen molar-refractivity contribution in [2.45, 2.75) is 39.2 Å². The average Bonchev–Trinajstić information content (AvgIpc) is 3.02. The highest BCUT2D eigenvalue weighted by Gasteiger charge is 2.29. The number of aryl methyl sites for hydroxylation is 2. The molecular weight excluding hydrogens is 382 g/mol. The zero-order chi connectivity index (χ0) is 21.7. The molecule has 158 valence electrons. The van der Waals surface area contributed by atoms with Crippen molar-refractivity contribution in [2.75, 3.05) is 0 Å². The summed E-state index contributed by atoms with van der Waals surface area (Å²) in [6.45, 7) is 3.46. The molecule has 0 spiro atoms. The highest BCUT2D eigenvalue weighted by atomic mass is 16.5. The Morgan fingerprint density at radius 2 is 1.60 bits per heavy atom. The second-order valence-electron chi connectivity index (χ2n) is 7.75. The lowest BCUT2D eigenvalue weighted by atomic mass is 10.0. The number of rotatable bonds is 8. The molecule has 0 aliphatic rings. The number of aromatic amines is 1. The molecule has 1 aromatic heterocycles. The SMILES string of the molecule is CC(C)C(C(=O)NO)n1c(O)c(CCc2ccc(Cc3ccccc3)cc2)[nH]c1=O. The van der Waals surface area contributed by atoms with Crippen LogP contribution in [0.15, 0.2) is 59.4 Å². The van der Waals surface area contributed by atoms with E-state index in [9.17, 15) is 14.7 Å². The lowest BCUT2D eigenvalue weighted by Crippen LogP contribution is -2.37. The van der Waals surface area contributed by atoms with Crippen LogP contribution in [-0.2, 0) is 24.1 Å². The molecule has 0 bridgehead atoms. The second kappa shape index (κ2) is 9.45. The first-order valence-electron chi connectivity index (χ1n) is 9.98. The van der Waals surface area contributed by atoms with E-state index in [4.69, 9.17) is 5.21 Å². The minimum atomic E-state index is -1.01. The predicted molar refractivity (Wildman–Crippen MR) is 114 cm³/mol. The molecule has 0 saturated heterocycles. The minimum Gasteiger partial charge on any atom is -0.493 e. The summed E-state index contributed by atoms with van der Waals surface area (Å²) in [5.41, 5.74) is 4.89. The molecule has 7 nitrogen and oxygen atoms in total. The number of nitrogens with one attached hydrogen (secondary N) is 2. The molecule has 1 atom stereocenters. The Morgan fingerprint density at radius 1 is 1.00 bits per heavy atom. The van der Waals surface area contributed by atoms with Crippen LogP contribution >= 0.6 is 0 Å². The van der Waals surface area contributed by atoms with Gasteiger partial charge in [0.2, 0.25) is 5.88 Å². The lowest BCUT2D eigenvalue weighted by Gasteiger charge is -2.19. The maximum atomic E-state index is 12.3. The third-order valence-electron chi connectivity index (χ3n) is 5.20. The highest BCUT2D eigenvalue weighted by Crippen LogP contribution is 2.25. The number of nitrogens with zero attached hydrogens (tertiary/aromatic N) is 1. The molecule has 0 saturated carbocycles. The number of amides is 1. The molecule has 4 N–H and O–H groups in total. The summed E-state index contributed by atoms with van der Waals surface area (Å²) in [6.07, 6.45) is 1.90. The monoisotopic (exact) mass is 409 g/mol. The van der Waals surface area contributed by atoms with Crippen molar-refractivity contribution in [1.29, 1.82) is 0 Å². The van der Waals surface area contributed by atoms with Crippen molar-refractivity contribution in [3.63, 3.8) is 0 Å². The van der Waals surface area contributed by atoms with Gasteiger partial charge in [0.15, 0.2) is 0 Å². The van der Waals surface area contributed by atoms with Crippen molar-refractivity contribution in [3.05, 3.63) is 87.5 Å². The van der Waals surface area contributed by atoms with Crippen molar-refractivity contribution < 1.29 is 15.1 Å². The summed E-state index contributed by atoms with van der Waals surface area (Å²) >= 11 is 0. The van der Waals surface area contributed by atoms with Crippen LogP contribution in [-0.4, -0.2) is 25.8 Å². The van der Waals surface area contributed by atoms with E-state index in [1.807, 2.05) is 30.3 Å². The number of hydroxylamine groups is 1. The fraction of sp³-hybridized carbons (Fsp3) is 0.304. The number of hydrogen-bond acceptors (Lipinski definition) is 4. The topological polar surface area (TPSA) is 107 Å². The Hall–Kier alpha value is -3.32. The van der Waals surface area contributed by atoms with Crippen molar-refractivity contribution in [1.82, 2.24) is 15.0 Å². The number of aromatic hydroxyl groups is 1. The smallest absolute Gasteiger partial charge is 0.329 e. The summed E-state index contributed by atoms with van der Waals surface area (Å²) in [5.74, 6) is -1.33. The lowest BCUT2D eigenvalue weighted by molar-refractivity contribution is -0.134. The van der Waals surface area contributed by atoms with Crippen LogP contribution in [0, 0.1) is 5.92 Å². The molecule has 1 amide bonds. The van der Waals surface area contributed by atoms with Crippen LogP contribution in [0.25, 0.3) is 0 Å². The third-order valence-corrected chi connectivity index (χ3v) is 5.20. The molecule has 3 rings (SSSR count). The van der Waals surface area contributed by atoms with Crippen LogP contribution in [0.3, 0.4) is 0 Å². The van der Waals surface area contributed by atoms with Gasteiger partial charge in [0.25, 0.3) is 5.91 Å². The molecule has 0 radical (unpaired) electrons. The van der Waals surface area contributed by atoms with Gasteiger partial charge < -0.3 is 10.1 Å². The van der Waals surface area contributed by atoms with E-state index in [-0.39, 0.29) is 11.8 Å². The Balaban J connectivity index is 1.70. The van der Waals surface area contributed by atoms with Crippen molar-refractivity contribution >= 4 is 5.91 Å². The molecular formula is C23H27N3O4. The number of imidazole rings is 1. The van der Waals surface area contributed by atoms with Gasteiger partial charge in [-0.15, -0.1) is 0 Å². The van der Waals surface area contributed by atoms with Crippen LogP contribution in [0.1, 0.15) is 42.3 Å². The maximum absolute atomic E-state index is 12.3. The van der Waals surface area contributed by atoms with Gasteiger partial charge in [0, 0.05) is 0 Å². The molecule has 2 aromatic carbocycles. The van der Waals surface area contributed by atoms with E-state index in [1.54, 1.807) is 19.3 Å². The Bertz CT molecular complexity index is 1040. The van der Waals surface area contributed by atoms with E-state index in [1.165, 1.54) is 11.1 Å². The van der Waals surface area contributed by atoms with E-state index < -0.39 is 17.6 Å². The standard InChI is InChI=1S/C23H27N3O4/c1-15(2)20(21(27)25-30)26-22(28)19(24-23(26)29)13-12-16-8-10-18(11-9-16)14-17-6-4-3-5-7-17/h3-11,15,20,28,30H,12-14H2,1-2H3,(H,24,29)(H,25,27). The number of H-pyrrole nitrogens is 1. The van der Waals surface area contributed by atoms with E-state index in [0.717, 1.165) is 16.6 Å². The molecule has 0 aliphatic carbocycles. The minimum absolute atomic E-state index is 0.275. The maximum Gasteiger partial charge on any atom is 0.329 e. The van der Waals surface area contributed by atoms with E-state index in [0.29, 0.717) is 18.5 Å². The summed E-state index contributed by atoms with van der Waals surface area (Å²) < 4.78 is 0.995. The van der Waals surface area contributed by atoms with E-state index >= 15 is 0 Å². The largest absolute Gasteiger partial charge is 0.493 e. The molecule has 1 unspecified atom stereocenters.